The van der Waals surface area contributed by atoms with Crippen LogP contribution in [0.2, 0.25) is 0 Å². The first-order chi connectivity index (χ1) is 17.9. The molecule has 0 saturated heterocycles. The van der Waals surface area contributed by atoms with Crippen LogP contribution in [-0.4, -0.2) is 36.8 Å². The second-order valence-corrected chi connectivity index (χ2v) is 12.3. The van der Waals surface area contributed by atoms with Gasteiger partial charge in [0.1, 0.15) is 5.75 Å². The number of benzene rings is 2. The van der Waals surface area contributed by atoms with E-state index in [4.69, 9.17) is 9.47 Å². The van der Waals surface area contributed by atoms with Gasteiger partial charge in [0.05, 0.1) is 13.7 Å². The maximum Gasteiger partial charge on any atom is 0.161 e. The predicted molar refractivity (Wildman–Crippen MR) is 150 cm³/mol. The first-order valence-electron chi connectivity index (χ1n) is 14.7. The molecule has 1 N–H and O–H groups in total. The third-order valence-corrected chi connectivity index (χ3v) is 10.5. The Morgan fingerprint density at radius 1 is 1.03 bits per heavy atom. The lowest BCUT2D eigenvalue weighted by Gasteiger charge is -2.53. The van der Waals surface area contributed by atoms with Gasteiger partial charge in [0.15, 0.2) is 11.5 Å². The number of aromatic hydroxyl groups is 1. The number of phenols is 1. The van der Waals surface area contributed by atoms with Crippen LogP contribution in [0.15, 0.2) is 36.4 Å². The average Bonchev–Trinajstić information content (AvgIpc) is 3.23. The van der Waals surface area contributed by atoms with E-state index < -0.39 is 0 Å². The molecule has 0 radical (unpaired) electrons. The van der Waals surface area contributed by atoms with Crippen molar-refractivity contribution in [2.45, 2.75) is 78.7 Å². The largest absolute Gasteiger partial charge is 0.508 e. The fourth-order valence-electron chi connectivity index (χ4n) is 8.49. The van der Waals surface area contributed by atoms with Gasteiger partial charge in [0.25, 0.3) is 0 Å². The highest BCUT2D eigenvalue weighted by atomic mass is 16.5. The van der Waals surface area contributed by atoms with Gasteiger partial charge < -0.3 is 14.6 Å². The average molecular weight is 506 g/mol. The van der Waals surface area contributed by atoms with Crippen LogP contribution in [0.5, 0.6) is 17.2 Å². The molecule has 0 aromatic heterocycles. The van der Waals surface area contributed by atoms with Crippen molar-refractivity contribution in [3.63, 3.8) is 0 Å². The Hall–Kier alpha value is -2.20. The number of rotatable bonds is 9. The van der Waals surface area contributed by atoms with Crippen LogP contribution in [-0.2, 0) is 13.0 Å². The molecule has 4 heteroatoms. The Morgan fingerprint density at radius 2 is 1.84 bits per heavy atom. The van der Waals surface area contributed by atoms with Gasteiger partial charge in [-0.05, 0) is 128 Å². The summed E-state index contributed by atoms with van der Waals surface area (Å²) in [5, 5.41) is 10.0. The summed E-state index contributed by atoms with van der Waals surface area (Å²) in [6.07, 6.45) is 7.48. The maximum atomic E-state index is 10.0. The van der Waals surface area contributed by atoms with Crippen molar-refractivity contribution in [1.82, 2.24) is 4.90 Å². The molecule has 4 nitrogen and oxygen atoms in total. The fourth-order valence-corrected chi connectivity index (χ4v) is 8.49. The quantitative estimate of drug-likeness (QED) is 0.385. The van der Waals surface area contributed by atoms with Crippen LogP contribution in [0, 0.1) is 29.1 Å². The topological polar surface area (TPSA) is 41.9 Å². The van der Waals surface area contributed by atoms with E-state index in [1.54, 1.807) is 7.11 Å². The van der Waals surface area contributed by atoms with Gasteiger partial charge in [-0.3, -0.25) is 4.90 Å². The van der Waals surface area contributed by atoms with Gasteiger partial charge in [-0.25, -0.2) is 0 Å². The first kappa shape index (κ1) is 26.4. The zero-order chi connectivity index (χ0) is 26.2. The molecule has 0 spiro atoms. The first-order valence-corrected chi connectivity index (χ1v) is 14.7. The zero-order valence-electron chi connectivity index (χ0n) is 23.6. The standard InChI is InChI=1S/C33H47NO3/c1-6-34(7-2)21-23-8-13-30(31(19-23)36-5)37-17-15-25-9-12-29-32-22(3)18-24-20-26(35)10-11-27(24)28(32)14-16-33(25,29)4/h8,10-11,13,19-20,22,25,28-29,32,35H,6-7,9,12,14-18,21H2,1-5H3/t22?,25-,28-,29+,32-,33-/m1/s1. The number of nitrogens with zero attached hydrogens (tertiary/aromatic N) is 1. The van der Waals surface area contributed by atoms with Crippen LogP contribution in [0.25, 0.3) is 0 Å². The highest BCUT2D eigenvalue weighted by Gasteiger charge is 2.55. The molecule has 0 aliphatic heterocycles. The molecule has 202 valence electrons. The highest BCUT2D eigenvalue weighted by molar-refractivity contribution is 5.43. The van der Waals surface area contributed by atoms with Crippen molar-refractivity contribution in [3.05, 3.63) is 53.1 Å². The van der Waals surface area contributed by atoms with E-state index in [2.05, 4.69) is 56.9 Å². The monoisotopic (exact) mass is 505 g/mol. The number of hydrogen-bond acceptors (Lipinski definition) is 4. The van der Waals surface area contributed by atoms with Gasteiger partial charge >= 0.3 is 0 Å². The number of methoxy groups -OCH3 is 1. The normalized spacial score (nSPS) is 30.5. The summed E-state index contributed by atoms with van der Waals surface area (Å²) in [5.74, 6) is 5.75. The molecule has 0 amide bonds. The molecule has 3 aliphatic rings. The summed E-state index contributed by atoms with van der Waals surface area (Å²) < 4.78 is 12.1. The highest BCUT2D eigenvalue weighted by Crippen LogP contribution is 2.64. The predicted octanol–water partition coefficient (Wildman–Crippen LogP) is 7.43. The Kier molecular flexibility index (Phi) is 7.77. The summed E-state index contributed by atoms with van der Waals surface area (Å²) >= 11 is 0. The summed E-state index contributed by atoms with van der Waals surface area (Å²) in [4.78, 5) is 2.41. The molecule has 5 rings (SSSR count). The summed E-state index contributed by atoms with van der Waals surface area (Å²) in [5.41, 5.74) is 4.59. The Labute approximate surface area is 224 Å². The SMILES string of the molecule is CCN(CC)Cc1ccc(OCC[C@H]2CC[C@H]3[C@@H]4C(C)Cc5cc(O)ccc5[C@H]4CC[C@]23C)c(OC)c1. The minimum Gasteiger partial charge on any atom is -0.508 e. The molecular weight excluding hydrogens is 458 g/mol. The number of fused-ring (bicyclic) bond motifs is 5. The molecule has 6 atom stereocenters. The summed E-state index contributed by atoms with van der Waals surface area (Å²) in [7, 11) is 1.75. The van der Waals surface area contributed by atoms with Crippen molar-refractivity contribution in [2.24, 2.45) is 29.1 Å². The van der Waals surface area contributed by atoms with E-state index in [1.807, 2.05) is 12.1 Å². The second-order valence-electron chi connectivity index (χ2n) is 12.3. The Bertz CT molecular complexity index is 1080. The lowest BCUT2D eigenvalue weighted by molar-refractivity contribution is 0.000862. The van der Waals surface area contributed by atoms with E-state index >= 15 is 0 Å². The molecular formula is C33H47NO3. The summed E-state index contributed by atoms with van der Waals surface area (Å²) in [6, 6.07) is 12.6. The lowest BCUT2D eigenvalue weighted by Crippen LogP contribution is -2.45. The summed E-state index contributed by atoms with van der Waals surface area (Å²) in [6.45, 7) is 13.3. The molecule has 2 saturated carbocycles. The minimum atomic E-state index is 0.408. The smallest absolute Gasteiger partial charge is 0.161 e. The Balaban J connectivity index is 1.23. The number of phenolic OH excluding ortho intramolecular Hbond substituents is 1. The molecule has 1 unspecified atom stereocenters. The van der Waals surface area contributed by atoms with Gasteiger partial charge in [0.2, 0.25) is 0 Å². The van der Waals surface area contributed by atoms with Gasteiger partial charge in [-0.15, -0.1) is 0 Å². The van der Waals surface area contributed by atoms with Crippen LogP contribution >= 0.6 is 0 Å². The van der Waals surface area contributed by atoms with E-state index in [0.717, 1.165) is 68.3 Å². The van der Waals surface area contributed by atoms with Crippen LogP contribution in [0.3, 0.4) is 0 Å². The van der Waals surface area contributed by atoms with Crippen LogP contribution in [0.1, 0.15) is 82.4 Å². The molecule has 2 aromatic rings. The van der Waals surface area contributed by atoms with Gasteiger partial charge in [-0.2, -0.15) is 0 Å². The number of hydrogen-bond donors (Lipinski definition) is 1. The van der Waals surface area contributed by atoms with Crippen molar-refractivity contribution < 1.29 is 14.6 Å². The molecule has 2 aromatic carbocycles. The van der Waals surface area contributed by atoms with Crippen molar-refractivity contribution in [1.29, 1.82) is 0 Å². The lowest BCUT2D eigenvalue weighted by atomic mass is 9.51. The van der Waals surface area contributed by atoms with Crippen molar-refractivity contribution in [2.75, 3.05) is 26.8 Å². The second kappa shape index (κ2) is 10.9. The third-order valence-electron chi connectivity index (χ3n) is 10.5. The van der Waals surface area contributed by atoms with Crippen LogP contribution in [0.4, 0.5) is 0 Å². The molecule has 0 heterocycles. The molecule has 3 aliphatic carbocycles. The van der Waals surface area contributed by atoms with Crippen LogP contribution < -0.4 is 9.47 Å². The zero-order valence-corrected chi connectivity index (χ0v) is 23.6. The molecule has 2 fully saturated rings. The van der Waals surface area contributed by atoms with Crippen molar-refractivity contribution in [3.8, 4) is 17.2 Å². The van der Waals surface area contributed by atoms with Crippen molar-refractivity contribution >= 4 is 0 Å². The number of ether oxygens (including phenoxy) is 2. The van der Waals surface area contributed by atoms with E-state index in [9.17, 15) is 5.11 Å². The van der Waals surface area contributed by atoms with Gasteiger partial charge in [-0.1, -0.05) is 39.8 Å². The minimum absolute atomic E-state index is 0.408. The molecule has 0 bridgehead atoms. The molecule has 37 heavy (non-hydrogen) atoms. The van der Waals surface area contributed by atoms with Gasteiger partial charge in [0, 0.05) is 6.54 Å². The fraction of sp³-hybridized carbons (Fsp3) is 0.636. The Morgan fingerprint density at radius 3 is 2.59 bits per heavy atom. The van der Waals surface area contributed by atoms with E-state index in [0.29, 0.717) is 23.0 Å². The van der Waals surface area contributed by atoms with E-state index in [1.165, 1.54) is 42.4 Å². The van der Waals surface area contributed by atoms with E-state index in [-0.39, 0.29) is 0 Å². The third kappa shape index (κ3) is 4.99. The maximum absolute atomic E-state index is 10.0.